The van der Waals surface area contributed by atoms with Gasteiger partial charge in [-0.15, -0.1) is 5.11 Å². The fraction of sp³-hybridized carbons (Fsp3) is 0.391. The molecular weight excluding hydrogens is 382 g/mol. The number of nitrogens with zero attached hydrogens (tertiary/aromatic N) is 2. The van der Waals surface area contributed by atoms with Crippen molar-refractivity contribution in [2.75, 3.05) is 6.54 Å². The Kier molecular flexibility index (Phi) is 7.54. The molecule has 3 rings (SSSR count). The Bertz CT molecular complexity index is 890. The molecule has 1 amide bonds. The van der Waals surface area contributed by atoms with Crippen LogP contribution in [0.3, 0.4) is 0 Å². The van der Waals surface area contributed by atoms with Crippen LogP contribution in [0.1, 0.15) is 49.4 Å². The number of hydrogen-bond donors (Lipinski definition) is 2. The molecule has 2 aromatic rings. The van der Waals surface area contributed by atoms with Crippen LogP contribution in [-0.4, -0.2) is 29.6 Å². The number of aromatic hydroxyl groups is 1. The number of phenolic OH excluding ortho intramolecular Hbond substituents is 1. The van der Waals surface area contributed by atoms with Crippen molar-refractivity contribution in [3.63, 3.8) is 0 Å². The van der Waals surface area contributed by atoms with Crippen LogP contribution in [0.25, 0.3) is 0 Å². The minimum Gasteiger partial charge on any atom is -0.508 e. The van der Waals surface area contributed by atoms with Gasteiger partial charge in [0, 0.05) is 6.54 Å². The molecule has 0 aliphatic heterocycles. The summed E-state index contributed by atoms with van der Waals surface area (Å²) in [6, 6.07) is 12.9. The number of carbonyl (C=O) groups is 2. The third-order valence-electron chi connectivity index (χ3n) is 5.19. The molecule has 158 valence electrons. The van der Waals surface area contributed by atoms with Crippen molar-refractivity contribution in [1.29, 1.82) is 0 Å². The Balaban J connectivity index is 1.59. The molecule has 2 aromatic carbocycles. The van der Waals surface area contributed by atoms with Gasteiger partial charge in [0.25, 0.3) is 5.91 Å². The number of hydrogen-bond acceptors (Lipinski definition) is 6. The molecule has 7 nitrogen and oxygen atoms in total. The van der Waals surface area contributed by atoms with Crippen LogP contribution in [0, 0.1) is 5.92 Å². The molecule has 0 unspecified atom stereocenters. The monoisotopic (exact) mass is 409 g/mol. The van der Waals surface area contributed by atoms with Crippen LogP contribution in [0.2, 0.25) is 0 Å². The van der Waals surface area contributed by atoms with Crippen molar-refractivity contribution in [2.45, 2.75) is 45.1 Å². The fourth-order valence-corrected chi connectivity index (χ4v) is 3.42. The quantitative estimate of drug-likeness (QED) is 0.494. The van der Waals surface area contributed by atoms with Crippen LogP contribution >= 0.6 is 0 Å². The lowest BCUT2D eigenvalue weighted by Crippen LogP contribution is -2.38. The van der Waals surface area contributed by atoms with Crippen LogP contribution in [0.15, 0.2) is 58.8 Å². The minimum absolute atomic E-state index is 0.133. The van der Waals surface area contributed by atoms with E-state index in [2.05, 4.69) is 15.5 Å². The molecule has 2 N–H and O–H groups in total. The van der Waals surface area contributed by atoms with Crippen molar-refractivity contribution in [2.24, 2.45) is 16.1 Å². The average Bonchev–Trinajstić information content (AvgIpc) is 2.78. The molecule has 0 aromatic heterocycles. The number of nitrogens with one attached hydrogen (secondary N) is 1. The summed E-state index contributed by atoms with van der Waals surface area (Å²) in [5, 5.41) is 20.4. The van der Waals surface area contributed by atoms with Crippen molar-refractivity contribution in [1.82, 2.24) is 5.32 Å². The molecule has 1 fully saturated rings. The first kappa shape index (κ1) is 21.5. The van der Waals surface area contributed by atoms with Gasteiger partial charge in [0.2, 0.25) is 0 Å². The zero-order valence-electron chi connectivity index (χ0n) is 17.1. The summed E-state index contributed by atoms with van der Waals surface area (Å²) < 4.78 is 5.36. The van der Waals surface area contributed by atoms with Gasteiger partial charge in [-0.2, -0.15) is 5.11 Å². The molecule has 1 aliphatic rings. The zero-order chi connectivity index (χ0) is 21.3. The molecule has 1 saturated carbocycles. The van der Waals surface area contributed by atoms with Crippen LogP contribution in [0.5, 0.6) is 5.75 Å². The maximum Gasteiger partial charge on any atom is 0.341 e. The topological polar surface area (TPSA) is 100 Å². The Morgan fingerprint density at radius 3 is 2.50 bits per heavy atom. The first-order valence-corrected chi connectivity index (χ1v) is 10.3. The third-order valence-corrected chi connectivity index (χ3v) is 5.19. The normalized spacial score (nSPS) is 15.6. The van der Waals surface area contributed by atoms with Gasteiger partial charge in [-0.25, -0.2) is 4.79 Å². The van der Waals surface area contributed by atoms with Crippen molar-refractivity contribution in [3.05, 3.63) is 54.1 Å². The lowest BCUT2D eigenvalue weighted by Gasteiger charge is -2.22. The van der Waals surface area contributed by atoms with E-state index < -0.39 is 12.1 Å². The Morgan fingerprint density at radius 1 is 1.07 bits per heavy atom. The molecule has 0 heterocycles. The van der Waals surface area contributed by atoms with Gasteiger partial charge in [-0.1, -0.05) is 31.4 Å². The van der Waals surface area contributed by atoms with Crippen LogP contribution in [-0.2, 0) is 9.53 Å². The Hall–Kier alpha value is -3.22. The summed E-state index contributed by atoms with van der Waals surface area (Å²) in [6.07, 6.45) is 5.05. The largest absolute Gasteiger partial charge is 0.508 e. The molecule has 30 heavy (non-hydrogen) atoms. The molecule has 0 bridgehead atoms. The number of azo groups is 1. The molecule has 0 radical (unpaired) electrons. The maximum absolute atomic E-state index is 12.6. The Labute approximate surface area is 176 Å². The highest BCUT2D eigenvalue weighted by molar-refractivity contribution is 5.96. The number of phenols is 1. The molecule has 7 heteroatoms. The second kappa shape index (κ2) is 10.5. The van der Waals surface area contributed by atoms with Gasteiger partial charge in [0.05, 0.1) is 11.3 Å². The van der Waals surface area contributed by atoms with E-state index in [1.807, 2.05) is 0 Å². The summed E-state index contributed by atoms with van der Waals surface area (Å²) >= 11 is 0. The highest BCUT2D eigenvalue weighted by Crippen LogP contribution is 2.25. The summed E-state index contributed by atoms with van der Waals surface area (Å²) in [7, 11) is 0. The number of ether oxygens (including phenoxy) is 1. The second-order valence-electron chi connectivity index (χ2n) is 7.53. The van der Waals surface area contributed by atoms with Gasteiger partial charge in [0.15, 0.2) is 6.10 Å². The minimum atomic E-state index is -0.900. The molecule has 0 saturated heterocycles. The van der Waals surface area contributed by atoms with E-state index in [1.54, 1.807) is 43.3 Å². The maximum atomic E-state index is 12.6. The molecular formula is C23H27N3O4. The summed E-state index contributed by atoms with van der Waals surface area (Å²) in [6.45, 7) is 2.19. The van der Waals surface area contributed by atoms with Gasteiger partial charge >= 0.3 is 5.97 Å². The smallest absolute Gasteiger partial charge is 0.341 e. The number of amides is 1. The van der Waals surface area contributed by atoms with E-state index in [0.717, 1.165) is 12.8 Å². The first-order chi connectivity index (χ1) is 14.5. The van der Waals surface area contributed by atoms with Crippen molar-refractivity contribution < 1.29 is 19.4 Å². The highest BCUT2D eigenvalue weighted by atomic mass is 16.5. The average molecular weight is 409 g/mol. The van der Waals surface area contributed by atoms with Crippen molar-refractivity contribution in [3.8, 4) is 5.75 Å². The van der Waals surface area contributed by atoms with Crippen molar-refractivity contribution >= 4 is 23.3 Å². The highest BCUT2D eigenvalue weighted by Gasteiger charge is 2.22. The predicted octanol–water partition coefficient (Wildman–Crippen LogP) is 5.05. The van der Waals surface area contributed by atoms with E-state index in [-0.39, 0.29) is 17.2 Å². The van der Waals surface area contributed by atoms with Gasteiger partial charge in [-0.3, -0.25) is 4.79 Å². The van der Waals surface area contributed by atoms with E-state index in [4.69, 9.17) is 4.74 Å². The number of esters is 1. The van der Waals surface area contributed by atoms with E-state index in [0.29, 0.717) is 23.8 Å². The summed E-state index contributed by atoms with van der Waals surface area (Å²) in [4.78, 5) is 24.9. The van der Waals surface area contributed by atoms with E-state index in [9.17, 15) is 14.7 Å². The van der Waals surface area contributed by atoms with Gasteiger partial charge < -0.3 is 15.2 Å². The summed E-state index contributed by atoms with van der Waals surface area (Å²) in [5.41, 5.74) is 1.10. The predicted molar refractivity (Wildman–Crippen MR) is 113 cm³/mol. The Morgan fingerprint density at radius 2 is 1.77 bits per heavy atom. The standard InChI is InChI=1S/C23H27N3O4/c1-16(22(28)24-15-17-7-3-2-4-8-17)30-23(29)20-9-5-6-10-21(20)26-25-18-11-13-19(27)14-12-18/h5-6,9-14,16-17,27H,2-4,7-8,15H2,1H3,(H,24,28)/t16-/m0/s1. The number of carbonyl (C=O) groups excluding carboxylic acids is 2. The lowest BCUT2D eigenvalue weighted by molar-refractivity contribution is -0.129. The second-order valence-corrected chi connectivity index (χ2v) is 7.53. The molecule has 0 spiro atoms. The van der Waals surface area contributed by atoms with E-state index in [1.165, 1.54) is 31.4 Å². The van der Waals surface area contributed by atoms with E-state index >= 15 is 0 Å². The summed E-state index contributed by atoms with van der Waals surface area (Å²) in [5.74, 6) is -0.284. The zero-order valence-corrected chi connectivity index (χ0v) is 17.1. The number of rotatable bonds is 7. The lowest BCUT2D eigenvalue weighted by atomic mass is 9.89. The molecule has 1 aliphatic carbocycles. The number of benzene rings is 2. The molecule has 1 atom stereocenters. The first-order valence-electron chi connectivity index (χ1n) is 10.3. The van der Waals surface area contributed by atoms with Crippen LogP contribution in [0.4, 0.5) is 11.4 Å². The van der Waals surface area contributed by atoms with Crippen LogP contribution < -0.4 is 5.32 Å². The van der Waals surface area contributed by atoms with Gasteiger partial charge in [0.1, 0.15) is 11.4 Å². The SMILES string of the molecule is C[C@H](OC(=O)c1ccccc1N=Nc1ccc(O)cc1)C(=O)NCC1CCCCC1. The third kappa shape index (κ3) is 6.14. The van der Waals surface area contributed by atoms with Gasteiger partial charge in [-0.05, 0) is 62.1 Å². The fourth-order valence-electron chi connectivity index (χ4n) is 3.42.